The molecule has 0 aromatic heterocycles. The summed E-state index contributed by atoms with van der Waals surface area (Å²) in [5.41, 5.74) is 0.925. The minimum Gasteiger partial charge on any atom is -0.306 e. The molecule has 0 radical (unpaired) electrons. The average Bonchev–Trinajstić information content (AvgIpc) is 2.25. The number of carbonyl (C=O) groups excluding carboxylic acids is 1. The lowest BCUT2D eigenvalue weighted by molar-refractivity contribution is 0.266. The topological polar surface area (TPSA) is 20.3 Å². The van der Waals surface area contributed by atoms with Crippen LogP contribution < -0.4 is 4.90 Å². The molecule has 0 saturated heterocycles. The highest BCUT2D eigenvalue weighted by atomic mass is 33.1. The second-order valence-electron chi connectivity index (χ2n) is 4.44. The summed E-state index contributed by atoms with van der Waals surface area (Å²) >= 11 is 0. The first kappa shape index (κ1) is 13.5. The molecule has 1 amide bonds. The quantitative estimate of drug-likeness (QED) is 0.729. The maximum Gasteiger partial charge on any atom is 0.296 e. The van der Waals surface area contributed by atoms with Crippen LogP contribution in [0, 0.1) is 0 Å². The predicted molar refractivity (Wildman–Crippen MR) is 75.2 cm³/mol. The number of amides is 1. The molecule has 0 bridgehead atoms. The summed E-state index contributed by atoms with van der Waals surface area (Å²) in [4.78, 5) is 13.5. The van der Waals surface area contributed by atoms with Gasteiger partial charge in [0.1, 0.15) is 0 Å². The van der Waals surface area contributed by atoms with Gasteiger partial charge in [0.05, 0.1) is 0 Å². The van der Waals surface area contributed by atoms with Gasteiger partial charge in [-0.2, -0.15) is 0 Å². The number of rotatable bonds is 2. The molecule has 0 aliphatic heterocycles. The van der Waals surface area contributed by atoms with Crippen molar-refractivity contribution in [2.45, 2.75) is 25.5 Å². The molecule has 0 saturated carbocycles. The summed E-state index contributed by atoms with van der Waals surface area (Å²) in [6.07, 6.45) is 0. The molecule has 1 aromatic rings. The molecule has 0 spiro atoms. The third kappa shape index (κ3) is 4.49. The van der Waals surface area contributed by atoms with Crippen molar-refractivity contribution in [1.82, 2.24) is 0 Å². The maximum atomic E-state index is 11.9. The Bertz CT molecular complexity index is 346. The van der Waals surface area contributed by atoms with Crippen molar-refractivity contribution in [2.24, 2.45) is 0 Å². The van der Waals surface area contributed by atoms with E-state index in [1.165, 1.54) is 10.8 Å². The van der Waals surface area contributed by atoms with Crippen LogP contribution in [0.3, 0.4) is 0 Å². The Labute approximate surface area is 105 Å². The summed E-state index contributed by atoms with van der Waals surface area (Å²) in [7, 11) is 4.68. The van der Waals surface area contributed by atoms with Crippen LogP contribution in [-0.4, -0.2) is 17.0 Å². The maximum absolute atomic E-state index is 11.9. The number of carbonyl (C=O) groups is 1. The zero-order valence-corrected chi connectivity index (χ0v) is 11.7. The molecule has 0 aliphatic rings. The van der Waals surface area contributed by atoms with E-state index in [1.807, 2.05) is 30.3 Å². The first-order chi connectivity index (χ1) is 7.40. The van der Waals surface area contributed by atoms with E-state index < -0.39 is 0 Å². The lowest BCUT2D eigenvalue weighted by Crippen LogP contribution is -2.21. The summed E-state index contributed by atoms with van der Waals surface area (Å²) in [5.74, 6) is 0. The number of benzene rings is 1. The van der Waals surface area contributed by atoms with E-state index in [0.717, 1.165) is 5.69 Å². The van der Waals surface area contributed by atoms with Crippen LogP contribution in [0.5, 0.6) is 0 Å². The molecule has 0 atom stereocenters. The van der Waals surface area contributed by atoms with E-state index in [2.05, 4.69) is 20.8 Å². The van der Waals surface area contributed by atoms with Gasteiger partial charge in [0, 0.05) is 28.3 Å². The average molecular weight is 255 g/mol. The first-order valence-corrected chi connectivity index (χ1v) is 7.23. The molecular weight excluding hydrogens is 238 g/mol. The van der Waals surface area contributed by atoms with Crippen LogP contribution in [0.25, 0.3) is 0 Å². The fourth-order valence-corrected chi connectivity index (χ4v) is 2.81. The third-order valence-corrected chi connectivity index (χ3v) is 4.96. The Morgan fingerprint density at radius 2 is 1.75 bits per heavy atom. The van der Waals surface area contributed by atoms with Gasteiger partial charge in [-0.15, -0.1) is 0 Å². The Morgan fingerprint density at radius 3 is 2.25 bits per heavy atom. The molecule has 0 N–H and O–H groups in total. The largest absolute Gasteiger partial charge is 0.306 e. The van der Waals surface area contributed by atoms with Crippen molar-refractivity contribution < 1.29 is 4.79 Å². The predicted octanol–water partition coefficient (Wildman–Crippen LogP) is 4.42. The Hall–Kier alpha value is -0.610. The Balaban J connectivity index is 2.55. The van der Waals surface area contributed by atoms with Crippen molar-refractivity contribution in [1.29, 1.82) is 0 Å². The smallest absolute Gasteiger partial charge is 0.296 e. The van der Waals surface area contributed by atoms with E-state index in [0.29, 0.717) is 0 Å². The molecule has 16 heavy (non-hydrogen) atoms. The van der Waals surface area contributed by atoms with Gasteiger partial charge in [-0.3, -0.25) is 4.79 Å². The summed E-state index contributed by atoms with van der Waals surface area (Å²) < 4.78 is 0.0951. The number of hydrogen-bond donors (Lipinski definition) is 0. The van der Waals surface area contributed by atoms with Crippen molar-refractivity contribution in [3.8, 4) is 0 Å². The SMILES string of the molecule is CN(C(=O)SSC(C)(C)C)c1ccccc1. The van der Waals surface area contributed by atoms with Gasteiger partial charge >= 0.3 is 0 Å². The zero-order chi connectivity index (χ0) is 12.2. The van der Waals surface area contributed by atoms with Crippen LogP contribution in [0.2, 0.25) is 0 Å². The highest BCUT2D eigenvalue weighted by Crippen LogP contribution is 2.37. The second-order valence-corrected chi connectivity index (χ2v) is 7.35. The van der Waals surface area contributed by atoms with Crippen LogP contribution in [0.4, 0.5) is 10.5 Å². The zero-order valence-electron chi connectivity index (χ0n) is 10.1. The second kappa shape index (κ2) is 5.64. The summed E-state index contributed by atoms with van der Waals surface area (Å²) in [5, 5.41) is 0.0612. The standard InChI is InChI=1S/C12H17NOS2/c1-12(2,3)16-15-11(14)13(4)10-8-6-5-7-9-10/h5-9H,1-4H3. The van der Waals surface area contributed by atoms with Gasteiger partial charge in [0.15, 0.2) is 0 Å². The first-order valence-electron chi connectivity index (χ1n) is 5.08. The molecular formula is C12H17NOS2. The molecule has 2 nitrogen and oxygen atoms in total. The molecule has 4 heteroatoms. The van der Waals surface area contributed by atoms with E-state index in [4.69, 9.17) is 0 Å². The lowest BCUT2D eigenvalue weighted by atomic mass is 10.3. The third-order valence-electron chi connectivity index (χ3n) is 1.78. The van der Waals surface area contributed by atoms with Gasteiger partial charge in [0.25, 0.3) is 5.24 Å². The number of hydrogen-bond acceptors (Lipinski definition) is 3. The minimum absolute atomic E-state index is 0.0612. The van der Waals surface area contributed by atoms with E-state index in [-0.39, 0.29) is 9.99 Å². The van der Waals surface area contributed by atoms with Crippen molar-refractivity contribution in [3.05, 3.63) is 30.3 Å². The van der Waals surface area contributed by atoms with Crippen molar-refractivity contribution >= 4 is 32.5 Å². The Kier molecular flexibility index (Phi) is 4.74. The highest BCUT2D eigenvalue weighted by Gasteiger charge is 2.17. The normalized spacial score (nSPS) is 11.2. The summed E-state index contributed by atoms with van der Waals surface area (Å²) in [6, 6.07) is 9.67. The molecule has 0 heterocycles. The molecule has 0 fully saturated rings. The highest BCUT2D eigenvalue weighted by molar-refractivity contribution is 8.82. The number of anilines is 1. The van der Waals surface area contributed by atoms with Gasteiger partial charge in [0.2, 0.25) is 0 Å². The molecule has 88 valence electrons. The van der Waals surface area contributed by atoms with E-state index >= 15 is 0 Å². The number of para-hydroxylation sites is 1. The Morgan fingerprint density at radius 1 is 1.19 bits per heavy atom. The fraction of sp³-hybridized carbons (Fsp3) is 0.417. The van der Waals surface area contributed by atoms with Gasteiger partial charge < -0.3 is 4.90 Å². The van der Waals surface area contributed by atoms with Crippen LogP contribution in [0.1, 0.15) is 20.8 Å². The van der Waals surface area contributed by atoms with E-state index in [1.54, 1.807) is 22.7 Å². The monoisotopic (exact) mass is 255 g/mol. The lowest BCUT2D eigenvalue weighted by Gasteiger charge is -2.20. The van der Waals surface area contributed by atoms with Crippen molar-refractivity contribution in [3.63, 3.8) is 0 Å². The molecule has 0 unspecified atom stereocenters. The fourth-order valence-electron chi connectivity index (χ4n) is 0.974. The molecule has 0 aliphatic carbocycles. The molecule has 1 rings (SSSR count). The minimum atomic E-state index is 0.0612. The van der Waals surface area contributed by atoms with E-state index in [9.17, 15) is 4.79 Å². The van der Waals surface area contributed by atoms with Crippen LogP contribution >= 0.6 is 21.6 Å². The van der Waals surface area contributed by atoms with Crippen LogP contribution in [-0.2, 0) is 0 Å². The number of nitrogens with zero attached hydrogens (tertiary/aromatic N) is 1. The van der Waals surface area contributed by atoms with Gasteiger partial charge in [-0.25, -0.2) is 0 Å². The van der Waals surface area contributed by atoms with Gasteiger partial charge in [-0.1, -0.05) is 49.8 Å². The van der Waals surface area contributed by atoms with Gasteiger partial charge in [-0.05, 0) is 12.1 Å². The van der Waals surface area contributed by atoms with Crippen LogP contribution in [0.15, 0.2) is 30.3 Å². The van der Waals surface area contributed by atoms with Crippen molar-refractivity contribution in [2.75, 3.05) is 11.9 Å². The molecule has 1 aromatic carbocycles. The summed E-state index contributed by atoms with van der Waals surface area (Å²) in [6.45, 7) is 6.29.